The third-order valence-corrected chi connectivity index (χ3v) is 2.72. The molecule has 0 spiro atoms. The van der Waals surface area contributed by atoms with Gasteiger partial charge < -0.3 is 5.11 Å². The lowest BCUT2D eigenvalue weighted by molar-refractivity contribution is 0.0698. The lowest BCUT2D eigenvalue weighted by atomic mass is 10.2. The van der Waals surface area contributed by atoms with Crippen molar-refractivity contribution in [1.82, 2.24) is 14.4 Å². The van der Waals surface area contributed by atoms with Crippen LogP contribution in [0.15, 0.2) is 49.1 Å². The van der Waals surface area contributed by atoms with Crippen molar-refractivity contribution in [2.75, 3.05) is 0 Å². The molecule has 0 aromatic carbocycles. The molecule has 0 saturated heterocycles. The maximum atomic E-state index is 11.1. The zero-order chi connectivity index (χ0) is 12.5. The molecule has 3 heterocycles. The largest absolute Gasteiger partial charge is 0.478 e. The molecule has 0 aliphatic carbocycles. The van der Waals surface area contributed by atoms with Crippen LogP contribution in [0.2, 0.25) is 0 Å². The molecule has 0 aliphatic rings. The van der Waals surface area contributed by atoms with Crippen LogP contribution in [0.1, 0.15) is 10.4 Å². The van der Waals surface area contributed by atoms with Gasteiger partial charge in [0.25, 0.3) is 0 Å². The predicted octanol–water partition coefficient (Wildman–Crippen LogP) is 2.09. The molecule has 0 aliphatic heterocycles. The molecular formula is C13H9N3O2. The van der Waals surface area contributed by atoms with E-state index in [1.165, 1.54) is 0 Å². The summed E-state index contributed by atoms with van der Waals surface area (Å²) >= 11 is 0. The molecule has 0 radical (unpaired) electrons. The van der Waals surface area contributed by atoms with Crippen molar-refractivity contribution in [2.45, 2.75) is 0 Å². The number of carboxylic acids is 1. The van der Waals surface area contributed by atoms with Gasteiger partial charge in [0.1, 0.15) is 5.82 Å². The van der Waals surface area contributed by atoms with Gasteiger partial charge in [-0.2, -0.15) is 0 Å². The Kier molecular flexibility index (Phi) is 2.30. The van der Waals surface area contributed by atoms with Gasteiger partial charge in [0.2, 0.25) is 0 Å². The molecule has 1 N–H and O–H groups in total. The summed E-state index contributed by atoms with van der Waals surface area (Å²) in [5, 5.41) is 9.11. The van der Waals surface area contributed by atoms with E-state index < -0.39 is 5.97 Å². The minimum absolute atomic E-state index is 0.236. The van der Waals surface area contributed by atoms with Gasteiger partial charge in [-0.05, 0) is 24.3 Å². The van der Waals surface area contributed by atoms with Crippen LogP contribution in [0, 0.1) is 0 Å². The fourth-order valence-corrected chi connectivity index (χ4v) is 1.91. The normalized spacial score (nSPS) is 10.7. The maximum Gasteiger partial charge on any atom is 0.337 e. The van der Waals surface area contributed by atoms with Crippen LogP contribution in [0.25, 0.3) is 16.9 Å². The Balaban J connectivity index is 2.28. The molecule has 3 aromatic rings. The van der Waals surface area contributed by atoms with Crippen molar-refractivity contribution < 1.29 is 9.90 Å². The highest BCUT2D eigenvalue weighted by molar-refractivity contribution is 5.95. The number of carbonyl (C=O) groups is 1. The van der Waals surface area contributed by atoms with Crippen molar-refractivity contribution in [1.29, 1.82) is 0 Å². The highest BCUT2D eigenvalue weighted by atomic mass is 16.4. The molecule has 3 aromatic heterocycles. The van der Waals surface area contributed by atoms with Gasteiger partial charge in [-0.15, -0.1) is 0 Å². The van der Waals surface area contributed by atoms with E-state index in [1.807, 2.05) is 12.1 Å². The van der Waals surface area contributed by atoms with Crippen LogP contribution < -0.4 is 0 Å². The summed E-state index contributed by atoms with van der Waals surface area (Å²) in [6.45, 7) is 0. The second-order valence-corrected chi connectivity index (χ2v) is 3.81. The molecule has 5 nitrogen and oxygen atoms in total. The summed E-state index contributed by atoms with van der Waals surface area (Å²) in [6, 6.07) is 6.96. The second kappa shape index (κ2) is 3.96. The number of hydrogen-bond donors (Lipinski definition) is 1. The molecule has 0 fully saturated rings. The summed E-state index contributed by atoms with van der Waals surface area (Å²) in [7, 11) is 0. The van der Waals surface area contributed by atoms with Crippen molar-refractivity contribution in [3.8, 4) is 11.4 Å². The smallest absolute Gasteiger partial charge is 0.337 e. The first kappa shape index (κ1) is 10.5. The summed E-state index contributed by atoms with van der Waals surface area (Å²) < 4.78 is 1.75. The van der Waals surface area contributed by atoms with E-state index in [4.69, 9.17) is 5.11 Å². The second-order valence-electron chi connectivity index (χ2n) is 3.81. The Morgan fingerprint density at radius 1 is 1.22 bits per heavy atom. The van der Waals surface area contributed by atoms with E-state index in [-0.39, 0.29) is 5.56 Å². The topological polar surface area (TPSA) is 67.5 Å². The summed E-state index contributed by atoms with van der Waals surface area (Å²) in [4.78, 5) is 19.4. The fraction of sp³-hybridized carbons (Fsp3) is 0. The highest BCUT2D eigenvalue weighted by Gasteiger charge is 2.12. The van der Waals surface area contributed by atoms with Crippen LogP contribution >= 0.6 is 0 Å². The highest BCUT2D eigenvalue weighted by Crippen LogP contribution is 2.20. The van der Waals surface area contributed by atoms with Gasteiger partial charge in [0, 0.05) is 24.2 Å². The number of hydrogen-bond acceptors (Lipinski definition) is 3. The molecule has 0 bridgehead atoms. The number of carboxylic acid groups (broad SMARTS) is 1. The summed E-state index contributed by atoms with van der Waals surface area (Å²) in [5.74, 6) is -0.278. The van der Waals surface area contributed by atoms with Crippen LogP contribution in [0.5, 0.6) is 0 Å². The number of aromatic carboxylic acids is 1. The van der Waals surface area contributed by atoms with Gasteiger partial charge in [0.15, 0.2) is 0 Å². The van der Waals surface area contributed by atoms with Crippen molar-refractivity contribution in [3.63, 3.8) is 0 Å². The van der Waals surface area contributed by atoms with E-state index in [9.17, 15) is 4.79 Å². The first-order valence-corrected chi connectivity index (χ1v) is 5.37. The van der Waals surface area contributed by atoms with E-state index in [0.29, 0.717) is 11.3 Å². The molecule has 5 heteroatoms. The quantitative estimate of drug-likeness (QED) is 0.743. The molecule has 0 unspecified atom stereocenters. The van der Waals surface area contributed by atoms with Crippen LogP contribution in [0.4, 0.5) is 0 Å². The number of nitrogens with zero attached hydrogens (tertiary/aromatic N) is 3. The number of aromatic nitrogens is 3. The van der Waals surface area contributed by atoms with E-state index >= 15 is 0 Å². The number of rotatable bonds is 2. The number of pyridine rings is 2. The third kappa shape index (κ3) is 1.53. The number of fused-ring (bicyclic) bond motifs is 1. The van der Waals surface area contributed by atoms with Crippen molar-refractivity contribution in [2.24, 2.45) is 0 Å². The van der Waals surface area contributed by atoms with Crippen molar-refractivity contribution in [3.05, 3.63) is 54.6 Å². The molecule has 0 saturated carbocycles. The Labute approximate surface area is 102 Å². The molecule has 0 atom stereocenters. The van der Waals surface area contributed by atoms with Gasteiger partial charge in [0.05, 0.1) is 17.3 Å². The molecule has 18 heavy (non-hydrogen) atoms. The molecular weight excluding hydrogens is 230 g/mol. The molecule has 3 rings (SSSR count). The Morgan fingerprint density at radius 2 is 2.11 bits per heavy atom. The molecule has 0 amide bonds. The first-order valence-electron chi connectivity index (χ1n) is 5.37. The van der Waals surface area contributed by atoms with Gasteiger partial charge in [-0.1, -0.05) is 0 Å². The standard InChI is InChI=1S/C13H9N3O2/c17-13(18)10-4-2-6-16-11(10)8-15-12(16)9-3-1-5-14-7-9/h1-8H,(H,17,18). The first-order chi connectivity index (χ1) is 8.77. The van der Waals surface area contributed by atoms with Crippen molar-refractivity contribution >= 4 is 11.5 Å². The zero-order valence-electron chi connectivity index (χ0n) is 9.32. The van der Waals surface area contributed by atoms with Gasteiger partial charge in [-0.3, -0.25) is 9.38 Å². The number of imidazole rings is 1. The van der Waals surface area contributed by atoms with E-state index in [2.05, 4.69) is 9.97 Å². The zero-order valence-corrected chi connectivity index (χ0v) is 9.32. The van der Waals surface area contributed by atoms with Crippen LogP contribution in [-0.4, -0.2) is 25.4 Å². The maximum absolute atomic E-state index is 11.1. The Morgan fingerprint density at radius 3 is 2.83 bits per heavy atom. The average Bonchev–Trinajstić information content (AvgIpc) is 2.83. The fourth-order valence-electron chi connectivity index (χ4n) is 1.91. The van der Waals surface area contributed by atoms with E-state index in [0.717, 1.165) is 5.56 Å². The summed E-state index contributed by atoms with van der Waals surface area (Å²) in [5.41, 5.74) is 1.66. The minimum Gasteiger partial charge on any atom is -0.478 e. The van der Waals surface area contributed by atoms with Gasteiger partial charge in [-0.25, -0.2) is 9.78 Å². The lowest BCUT2D eigenvalue weighted by Gasteiger charge is -2.02. The SMILES string of the molecule is O=C(O)c1cccn2c(-c3cccnc3)ncc12. The summed E-state index contributed by atoms with van der Waals surface area (Å²) in [6.07, 6.45) is 6.73. The lowest BCUT2D eigenvalue weighted by Crippen LogP contribution is -1.99. The molecule has 88 valence electrons. The van der Waals surface area contributed by atoms with Gasteiger partial charge >= 0.3 is 5.97 Å². The minimum atomic E-state index is -0.960. The average molecular weight is 239 g/mol. The predicted molar refractivity (Wildman–Crippen MR) is 65.4 cm³/mol. The Hall–Kier alpha value is -2.69. The van der Waals surface area contributed by atoms with Crippen LogP contribution in [0.3, 0.4) is 0 Å². The Bertz CT molecular complexity index is 719. The third-order valence-electron chi connectivity index (χ3n) is 2.72. The van der Waals surface area contributed by atoms with Crippen LogP contribution in [-0.2, 0) is 0 Å². The monoisotopic (exact) mass is 239 g/mol. The van der Waals surface area contributed by atoms with E-state index in [1.54, 1.807) is 41.3 Å².